The molecule has 3 heterocycles. The molecule has 0 unspecified atom stereocenters. The number of guanidine groups is 1. The van der Waals surface area contributed by atoms with Gasteiger partial charge in [0, 0.05) is 25.2 Å². The topological polar surface area (TPSA) is 108 Å². The summed E-state index contributed by atoms with van der Waals surface area (Å²) in [7, 11) is 3.79. The maximum Gasteiger partial charge on any atom is 0.266 e. The molecule has 1 aromatic heterocycles. The van der Waals surface area contributed by atoms with Crippen molar-refractivity contribution in [1.82, 2.24) is 19.8 Å². The van der Waals surface area contributed by atoms with E-state index < -0.39 is 23.1 Å². The SMILES string of the molecule is CN(C)c1ncnc2c1CN(C(=O)c1cccc(CN3C(=O)C(c4ccc(F)cc4)(c4ccc(F)cc4)N=C3N)c1)C2. The first-order valence-corrected chi connectivity index (χ1v) is 13.2. The van der Waals surface area contributed by atoms with Crippen molar-refractivity contribution in [2.75, 3.05) is 19.0 Å². The molecule has 0 saturated carbocycles. The number of fused-ring (bicyclic) bond motifs is 1. The lowest BCUT2D eigenvalue weighted by atomic mass is 9.82. The molecule has 0 aliphatic carbocycles. The molecule has 9 nitrogen and oxygen atoms in total. The van der Waals surface area contributed by atoms with Gasteiger partial charge in [0.2, 0.25) is 0 Å². The highest BCUT2D eigenvalue weighted by Crippen LogP contribution is 2.40. The van der Waals surface area contributed by atoms with E-state index in [1.54, 1.807) is 29.2 Å². The van der Waals surface area contributed by atoms with Crippen molar-refractivity contribution < 1.29 is 18.4 Å². The first-order chi connectivity index (χ1) is 20.2. The van der Waals surface area contributed by atoms with Crippen molar-refractivity contribution in [3.8, 4) is 0 Å². The van der Waals surface area contributed by atoms with Crippen LogP contribution in [-0.2, 0) is 30.0 Å². The number of nitrogens with two attached hydrogens (primary N) is 1. The predicted octanol–water partition coefficient (Wildman–Crippen LogP) is 3.58. The second kappa shape index (κ2) is 10.3. The van der Waals surface area contributed by atoms with Crippen LogP contribution in [-0.4, -0.2) is 51.6 Å². The van der Waals surface area contributed by atoms with Crippen LogP contribution in [0.25, 0.3) is 0 Å². The van der Waals surface area contributed by atoms with E-state index in [1.807, 2.05) is 19.0 Å². The Morgan fingerprint density at radius 3 is 2.21 bits per heavy atom. The summed E-state index contributed by atoms with van der Waals surface area (Å²) in [5, 5.41) is 0. The third-order valence-corrected chi connectivity index (χ3v) is 7.56. The van der Waals surface area contributed by atoms with Gasteiger partial charge in [-0.3, -0.25) is 14.5 Å². The maximum absolute atomic E-state index is 14.1. The van der Waals surface area contributed by atoms with Gasteiger partial charge in [0.1, 0.15) is 23.8 Å². The molecule has 2 aliphatic heterocycles. The molecule has 4 aromatic rings. The largest absolute Gasteiger partial charge is 0.369 e. The summed E-state index contributed by atoms with van der Waals surface area (Å²) >= 11 is 0. The fourth-order valence-corrected chi connectivity index (χ4v) is 5.52. The predicted molar refractivity (Wildman–Crippen MR) is 152 cm³/mol. The van der Waals surface area contributed by atoms with Crippen LogP contribution in [0.4, 0.5) is 14.6 Å². The Kier molecular flexibility index (Phi) is 6.64. The average Bonchev–Trinajstić information content (AvgIpc) is 3.53. The molecule has 0 atom stereocenters. The normalized spacial score (nSPS) is 15.5. The van der Waals surface area contributed by atoms with Crippen LogP contribution >= 0.6 is 0 Å². The molecule has 11 heteroatoms. The summed E-state index contributed by atoms with van der Waals surface area (Å²) in [5.74, 6) is -0.868. The summed E-state index contributed by atoms with van der Waals surface area (Å²) in [6, 6.07) is 17.8. The molecule has 0 radical (unpaired) electrons. The van der Waals surface area contributed by atoms with E-state index in [0.29, 0.717) is 35.3 Å². The van der Waals surface area contributed by atoms with E-state index in [0.717, 1.165) is 17.1 Å². The van der Waals surface area contributed by atoms with E-state index in [-0.39, 0.29) is 18.4 Å². The highest BCUT2D eigenvalue weighted by atomic mass is 19.1. The van der Waals surface area contributed by atoms with Crippen molar-refractivity contribution in [1.29, 1.82) is 0 Å². The summed E-state index contributed by atoms with van der Waals surface area (Å²) in [6.45, 7) is 0.786. The van der Waals surface area contributed by atoms with Crippen molar-refractivity contribution >= 4 is 23.6 Å². The quantitative estimate of drug-likeness (QED) is 0.382. The smallest absolute Gasteiger partial charge is 0.266 e. The Morgan fingerprint density at radius 1 is 0.952 bits per heavy atom. The number of carbonyl (C=O) groups excluding carboxylic acids is 2. The number of halogens is 2. The summed E-state index contributed by atoms with van der Waals surface area (Å²) in [5.41, 5.74) is 8.32. The van der Waals surface area contributed by atoms with Crippen LogP contribution in [0.15, 0.2) is 84.1 Å². The Hall–Kier alpha value is -5.19. The first-order valence-electron chi connectivity index (χ1n) is 13.2. The van der Waals surface area contributed by atoms with Crippen LogP contribution in [0.5, 0.6) is 0 Å². The molecule has 6 rings (SSSR count). The van der Waals surface area contributed by atoms with Gasteiger partial charge in [0.25, 0.3) is 11.8 Å². The number of rotatable bonds is 6. The standard InChI is InChI=1S/C31H27F2N7O2/c1-38(2)27-25-16-39(17-26(25)35-18-36-27)28(41)20-5-3-4-19(14-20)15-40-29(42)31(37-30(40)34,21-6-10-23(32)11-7-21)22-8-12-24(33)13-9-22/h3-14,18H,15-17H2,1-2H3,(H2,34,37). The molecule has 0 bridgehead atoms. The molecule has 0 saturated heterocycles. The van der Waals surface area contributed by atoms with Crippen molar-refractivity contribution in [2.24, 2.45) is 10.7 Å². The zero-order valence-electron chi connectivity index (χ0n) is 23.0. The fourth-order valence-electron chi connectivity index (χ4n) is 5.52. The van der Waals surface area contributed by atoms with Gasteiger partial charge in [-0.25, -0.2) is 23.7 Å². The van der Waals surface area contributed by atoms with Crippen LogP contribution in [0, 0.1) is 11.6 Å². The van der Waals surface area contributed by atoms with Crippen molar-refractivity contribution in [3.63, 3.8) is 0 Å². The zero-order chi connectivity index (χ0) is 29.6. The summed E-state index contributed by atoms with van der Waals surface area (Å²) in [4.78, 5) is 45.8. The molecule has 42 heavy (non-hydrogen) atoms. The number of amides is 2. The van der Waals surface area contributed by atoms with E-state index in [2.05, 4.69) is 15.0 Å². The van der Waals surface area contributed by atoms with Crippen molar-refractivity contribution in [2.45, 2.75) is 25.2 Å². The first kappa shape index (κ1) is 27.0. The molecule has 212 valence electrons. The van der Waals surface area contributed by atoms with Gasteiger partial charge >= 0.3 is 0 Å². The van der Waals surface area contributed by atoms with E-state index in [9.17, 15) is 18.4 Å². The van der Waals surface area contributed by atoms with Gasteiger partial charge in [-0.1, -0.05) is 36.4 Å². The zero-order valence-corrected chi connectivity index (χ0v) is 23.0. The minimum atomic E-state index is -1.62. The minimum absolute atomic E-state index is 0.0376. The van der Waals surface area contributed by atoms with E-state index in [1.165, 1.54) is 59.8 Å². The molecule has 2 amide bonds. The monoisotopic (exact) mass is 567 g/mol. The van der Waals surface area contributed by atoms with Gasteiger partial charge in [-0.2, -0.15) is 0 Å². The second-order valence-electron chi connectivity index (χ2n) is 10.5. The Bertz CT molecular complexity index is 1680. The average molecular weight is 568 g/mol. The van der Waals surface area contributed by atoms with Gasteiger partial charge in [0.05, 0.1) is 25.3 Å². The van der Waals surface area contributed by atoms with Crippen LogP contribution in [0.1, 0.15) is 38.3 Å². The fraction of sp³-hybridized carbons (Fsp3) is 0.194. The van der Waals surface area contributed by atoms with Gasteiger partial charge in [-0.15, -0.1) is 0 Å². The summed E-state index contributed by atoms with van der Waals surface area (Å²) < 4.78 is 27.6. The highest BCUT2D eigenvalue weighted by Gasteiger charge is 2.50. The number of hydrogen-bond donors (Lipinski definition) is 1. The Labute approximate surface area is 240 Å². The minimum Gasteiger partial charge on any atom is -0.369 e. The van der Waals surface area contributed by atoms with Crippen LogP contribution in [0.3, 0.4) is 0 Å². The number of anilines is 1. The molecule has 0 fully saturated rings. The number of benzene rings is 3. The lowest BCUT2D eigenvalue weighted by Gasteiger charge is -2.27. The number of hydrogen-bond acceptors (Lipinski definition) is 7. The van der Waals surface area contributed by atoms with Crippen LogP contribution < -0.4 is 10.6 Å². The lowest BCUT2D eigenvalue weighted by molar-refractivity contribution is -0.130. The second-order valence-corrected chi connectivity index (χ2v) is 10.5. The molecular formula is C31H27F2N7O2. The third kappa shape index (κ3) is 4.52. The number of nitrogens with zero attached hydrogens (tertiary/aromatic N) is 6. The van der Waals surface area contributed by atoms with Crippen molar-refractivity contribution in [3.05, 3.63) is 124 Å². The lowest BCUT2D eigenvalue weighted by Crippen LogP contribution is -2.43. The molecular weight excluding hydrogens is 540 g/mol. The maximum atomic E-state index is 14.1. The van der Waals surface area contributed by atoms with Gasteiger partial charge in [0.15, 0.2) is 11.5 Å². The highest BCUT2D eigenvalue weighted by molar-refractivity contribution is 6.09. The number of aliphatic imine (C=N–C) groups is 1. The van der Waals surface area contributed by atoms with E-state index in [4.69, 9.17) is 5.73 Å². The van der Waals surface area contributed by atoms with Gasteiger partial charge < -0.3 is 15.5 Å². The summed E-state index contributed by atoms with van der Waals surface area (Å²) in [6.07, 6.45) is 1.50. The Balaban J connectivity index is 1.28. The molecule has 0 spiro atoms. The molecule has 2 aliphatic rings. The number of carbonyl (C=O) groups is 2. The third-order valence-electron chi connectivity index (χ3n) is 7.56. The van der Waals surface area contributed by atoms with Crippen LogP contribution in [0.2, 0.25) is 0 Å². The number of aromatic nitrogens is 2. The molecule has 3 aromatic carbocycles. The van der Waals surface area contributed by atoms with E-state index >= 15 is 0 Å². The van der Waals surface area contributed by atoms with Gasteiger partial charge in [-0.05, 0) is 53.1 Å². The Morgan fingerprint density at radius 2 is 1.60 bits per heavy atom. The molecule has 2 N–H and O–H groups in total.